The average Bonchev–Trinajstić information content (AvgIpc) is 2.49. The van der Waals surface area contributed by atoms with E-state index < -0.39 is 18.1 Å². The first-order valence-corrected chi connectivity index (χ1v) is 7.02. The molecule has 0 bridgehead atoms. The number of ether oxygens (including phenoxy) is 2. The van der Waals surface area contributed by atoms with Gasteiger partial charge in [0.05, 0.1) is 6.61 Å². The molecule has 0 spiro atoms. The lowest BCUT2D eigenvalue weighted by molar-refractivity contribution is -0.149. The molecule has 1 aromatic carbocycles. The van der Waals surface area contributed by atoms with E-state index in [0.29, 0.717) is 6.61 Å². The Morgan fingerprint density at radius 3 is 2.29 bits per heavy atom. The monoisotopic (exact) mass is 293 g/mol. The Labute approximate surface area is 125 Å². The molecule has 0 saturated carbocycles. The average molecular weight is 293 g/mol. The van der Waals surface area contributed by atoms with E-state index in [4.69, 9.17) is 9.47 Å². The van der Waals surface area contributed by atoms with Gasteiger partial charge in [0, 0.05) is 7.05 Å². The fraction of sp³-hybridized carbons (Fsp3) is 0.500. The number of hydrogen-bond acceptors (Lipinski definition) is 4. The van der Waals surface area contributed by atoms with E-state index in [1.54, 1.807) is 6.92 Å². The Balaban J connectivity index is 2.43. The highest BCUT2D eigenvalue weighted by molar-refractivity contribution is 5.80. The Hall–Kier alpha value is -2.04. The van der Waals surface area contributed by atoms with Gasteiger partial charge in [0.2, 0.25) is 0 Å². The first-order chi connectivity index (χ1) is 9.91. The zero-order valence-electron chi connectivity index (χ0n) is 13.0. The number of esters is 1. The molecule has 21 heavy (non-hydrogen) atoms. The topological polar surface area (TPSA) is 55.8 Å². The molecule has 0 aliphatic rings. The van der Waals surface area contributed by atoms with Gasteiger partial charge >= 0.3 is 12.1 Å². The summed E-state index contributed by atoms with van der Waals surface area (Å²) in [4.78, 5) is 24.9. The third-order valence-corrected chi connectivity index (χ3v) is 2.97. The van der Waals surface area contributed by atoms with Crippen molar-refractivity contribution < 1.29 is 19.1 Å². The quantitative estimate of drug-likeness (QED) is 0.757. The van der Waals surface area contributed by atoms with Crippen LogP contribution < -0.4 is 0 Å². The number of amides is 1. The van der Waals surface area contributed by atoms with Crippen LogP contribution in [0.2, 0.25) is 0 Å². The summed E-state index contributed by atoms with van der Waals surface area (Å²) in [6.45, 7) is 6.05. The van der Waals surface area contributed by atoms with Crippen molar-refractivity contribution in [2.75, 3.05) is 13.7 Å². The van der Waals surface area contributed by atoms with E-state index in [1.807, 2.05) is 44.2 Å². The number of rotatable bonds is 6. The van der Waals surface area contributed by atoms with Crippen LogP contribution in [0.15, 0.2) is 30.3 Å². The number of carbonyl (C=O) groups excluding carboxylic acids is 2. The zero-order valence-corrected chi connectivity index (χ0v) is 13.0. The minimum Gasteiger partial charge on any atom is -0.464 e. The Morgan fingerprint density at radius 2 is 1.71 bits per heavy atom. The third kappa shape index (κ3) is 5.85. The van der Waals surface area contributed by atoms with Gasteiger partial charge < -0.3 is 9.47 Å². The van der Waals surface area contributed by atoms with Crippen molar-refractivity contribution in [3.05, 3.63) is 35.9 Å². The number of carbonyl (C=O) groups is 2. The van der Waals surface area contributed by atoms with Crippen LogP contribution in [0.1, 0.15) is 26.3 Å². The van der Waals surface area contributed by atoms with Crippen LogP contribution in [0.4, 0.5) is 4.79 Å². The standard InChI is InChI=1S/C16H23NO4/c1-12(2)10-20-15(18)13(3)17(4)16(19)21-11-14-8-6-5-7-9-14/h5-9,12-13H,10-11H2,1-4H3. The van der Waals surface area contributed by atoms with E-state index in [1.165, 1.54) is 11.9 Å². The van der Waals surface area contributed by atoms with Crippen molar-refractivity contribution in [2.24, 2.45) is 5.92 Å². The van der Waals surface area contributed by atoms with Gasteiger partial charge in [-0.1, -0.05) is 44.2 Å². The second-order valence-electron chi connectivity index (χ2n) is 5.35. The highest BCUT2D eigenvalue weighted by atomic mass is 16.6. The molecule has 116 valence electrons. The zero-order chi connectivity index (χ0) is 15.8. The van der Waals surface area contributed by atoms with Crippen molar-refractivity contribution >= 4 is 12.1 Å². The lowest BCUT2D eigenvalue weighted by Crippen LogP contribution is -2.41. The summed E-state index contributed by atoms with van der Waals surface area (Å²) in [6.07, 6.45) is -0.548. The van der Waals surface area contributed by atoms with Crippen LogP contribution >= 0.6 is 0 Å². The number of nitrogens with zero attached hydrogens (tertiary/aromatic N) is 1. The van der Waals surface area contributed by atoms with Gasteiger partial charge in [-0.15, -0.1) is 0 Å². The Morgan fingerprint density at radius 1 is 1.10 bits per heavy atom. The Bertz CT molecular complexity index is 459. The minimum atomic E-state index is -0.674. The molecule has 1 amide bonds. The van der Waals surface area contributed by atoms with E-state index in [0.717, 1.165) is 5.56 Å². The summed E-state index contributed by atoms with van der Waals surface area (Å²) >= 11 is 0. The third-order valence-electron chi connectivity index (χ3n) is 2.97. The first-order valence-electron chi connectivity index (χ1n) is 7.02. The van der Waals surface area contributed by atoms with E-state index in [9.17, 15) is 9.59 Å². The molecule has 1 atom stereocenters. The smallest absolute Gasteiger partial charge is 0.410 e. The molecule has 0 aliphatic heterocycles. The van der Waals surface area contributed by atoms with Crippen molar-refractivity contribution in [1.82, 2.24) is 4.90 Å². The summed E-state index contributed by atoms with van der Waals surface area (Å²) in [7, 11) is 1.52. The largest absolute Gasteiger partial charge is 0.464 e. The van der Waals surface area contributed by atoms with E-state index in [-0.39, 0.29) is 12.5 Å². The van der Waals surface area contributed by atoms with Crippen molar-refractivity contribution in [1.29, 1.82) is 0 Å². The lowest BCUT2D eigenvalue weighted by atomic mass is 10.2. The lowest BCUT2D eigenvalue weighted by Gasteiger charge is -2.23. The maximum absolute atomic E-state index is 11.9. The molecule has 1 aromatic rings. The summed E-state index contributed by atoms with van der Waals surface area (Å²) in [6, 6.07) is 8.70. The molecule has 0 heterocycles. The highest BCUT2D eigenvalue weighted by Crippen LogP contribution is 2.06. The maximum atomic E-state index is 11.9. The molecule has 5 nitrogen and oxygen atoms in total. The van der Waals surface area contributed by atoms with Gasteiger partial charge in [0.15, 0.2) is 0 Å². The molecule has 5 heteroatoms. The van der Waals surface area contributed by atoms with Crippen LogP contribution in [-0.4, -0.2) is 36.7 Å². The van der Waals surface area contributed by atoms with Crippen molar-refractivity contribution in [3.63, 3.8) is 0 Å². The second kappa shape index (κ2) is 8.29. The van der Waals surface area contributed by atoms with Crippen molar-refractivity contribution in [3.8, 4) is 0 Å². The SMILES string of the molecule is CC(C)COC(=O)C(C)N(C)C(=O)OCc1ccccc1. The summed E-state index contributed by atoms with van der Waals surface area (Å²) in [5, 5.41) is 0. The number of likely N-dealkylation sites (N-methyl/N-ethyl adjacent to an activating group) is 1. The number of hydrogen-bond donors (Lipinski definition) is 0. The van der Waals surface area contributed by atoms with Crippen LogP contribution in [0.3, 0.4) is 0 Å². The molecule has 1 unspecified atom stereocenters. The van der Waals surface area contributed by atoms with Gasteiger partial charge in [-0.25, -0.2) is 9.59 Å². The molecule has 0 aliphatic carbocycles. The molecule has 0 radical (unpaired) electrons. The predicted molar refractivity (Wildman–Crippen MR) is 79.6 cm³/mol. The van der Waals surface area contributed by atoms with Crippen LogP contribution in [0.5, 0.6) is 0 Å². The van der Waals surface area contributed by atoms with E-state index >= 15 is 0 Å². The molecule has 0 aromatic heterocycles. The first kappa shape index (κ1) is 17.0. The maximum Gasteiger partial charge on any atom is 0.410 e. The molecule has 0 saturated heterocycles. The molecular formula is C16H23NO4. The van der Waals surface area contributed by atoms with Gasteiger partial charge in [0.1, 0.15) is 12.6 Å². The van der Waals surface area contributed by atoms with Crippen LogP contribution in [0.25, 0.3) is 0 Å². The molecule has 0 N–H and O–H groups in total. The van der Waals surface area contributed by atoms with Crippen molar-refractivity contribution in [2.45, 2.75) is 33.4 Å². The van der Waals surface area contributed by atoms with Crippen LogP contribution in [0, 0.1) is 5.92 Å². The van der Waals surface area contributed by atoms with E-state index in [2.05, 4.69) is 0 Å². The molecule has 0 fully saturated rings. The summed E-state index contributed by atoms with van der Waals surface area (Å²) in [5.74, 6) is -0.167. The van der Waals surface area contributed by atoms with Crippen LogP contribution in [-0.2, 0) is 20.9 Å². The fourth-order valence-corrected chi connectivity index (χ4v) is 1.51. The predicted octanol–water partition coefficient (Wildman–Crippen LogP) is 2.84. The van der Waals surface area contributed by atoms with Gasteiger partial charge in [-0.05, 0) is 18.4 Å². The highest BCUT2D eigenvalue weighted by Gasteiger charge is 2.25. The van der Waals surface area contributed by atoms with Gasteiger partial charge in [0.25, 0.3) is 0 Å². The summed E-state index contributed by atoms with van der Waals surface area (Å²) < 4.78 is 10.3. The minimum absolute atomic E-state index is 0.178. The van der Waals surface area contributed by atoms with Gasteiger partial charge in [-0.3, -0.25) is 4.90 Å². The number of benzene rings is 1. The van der Waals surface area contributed by atoms with Gasteiger partial charge in [-0.2, -0.15) is 0 Å². The molecular weight excluding hydrogens is 270 g/mol. The second-order valence-corrected chi connectivity index (χ2v) is 5.35. The normalized spacial score (nSPS) is 11.9. The molecule has 1 rings (SSSR count). The Kier molecular flexibility index (Phi) is 6.72. The fourth-order valence-electron chi connectivity index (χ4n) is 1.51. The summed E-state index contributed by atoms with van der Waals surface area (Å²) in [5.41, 5.74) is 0.897.